The Kier molecular flexibility index (Phi) is 5.90. The molecule has 1 aliphatic carbocycles. The molecular weight excluding hydrogens is 445 g/mol. The molecule has 8 heteroatoms. The summed E-state index contributed by atoms with van der Waals surface area (Å²) in [5.41, 5.74) is 1.37. The third-order valence-electron chi connectivity index (χ3n) is 7.88. The van der Waals surface area contributed by atoms with E-state index >= 15 is 0 Å². The lowest BCUT2D eigenvalue weighted by Gasteiger charge is -2.45. The normalized spacial score (nSPS) is 24.4. The van der Waals surface area contributed by atoms with Gasteiger partial charge in [-0.05, 0) is 64.7 Å². The molecule has 0 bridgehead atoms. The van der Waals surface area contributed by atoms with E-state index in [0.717, 1.165) is 12.8 Å². The van der Waals surface area contributed by atoms with Crippen molar-refractivity contribution in [1.82, 2.24) is 14.8 Å². The van der Waals surface area contributed by atoms with E-state index < -0.39 is 5.41 Å². The highest BCUT2D eigenvalue weighted by Gasteiger charge is 2.41. The summed E-state index contributed by atoms with van der Waals surface area (Å²) in [7, 11) is 0. The molecule has 7 nitrogen and oxygen atoms in total. The van der Waals surface area contributed by atoms with Crippen molar-refractivity contribution in [2.45, 2.75) is 58.5 Å². The fraction of sp³-hybridized carbons (Fsp3) is 0.556. The number of benzene rings is 1. The molecule has 2 saturated heterocycles. The van der Waals surface area contributed by atoms with Crippen LogP contribution in [0.1, 0.15) is 56.8 Å². The zero-order valence-corrected chi connectivity index (χ0v) is 20.6. The van der Waals surface area contributed by atoms with E-state index in [9.17, 15) is 19.2 Å². The molecule has 0 spiro atoms. The molecule has 1 unspecified atom stereocenters. The van der Waals surface area contributed by atoms with Crippen LogP contribution in [0.5, 0.6) is 0 Å². The fourth-order valence-electron chi connectivity index (χ4n) is 5.61. The van der Waals surface area contributed by atoms with E-state index in [1.165, 1.54) is 12.1 Å². The van der Waals surface area contributed by atoms with Crippen LogP contribution in [-0.2, 0) is 4.79 Å². The Morgan fingerprint density at radius 2 is 1.80 bits per heavy atom. The summed E-state index contributed by atoms with van der Waals surface area (Å²) in [6.45, 7) is 8.17. The molecule has 3 heterocycles. The third kappa shape index (κ3) is 4.33. The number of piperazine rings is 1. The molecule has 3 fully saturated rings. The summed E-state index contributed by atoms with van der Waals surface area (Å²) >= 11 is 0. The van der Waals surface area contributed by atoms with Crippen LogP contribution in [-0.4, -0.2) is 64.9 Å². The number of aromatic nitrogens is 1. The van der Waals surface area contributed by atoms with Crippen LogP contribution in [0.2, 0.25) is 0 Å². The highest BCUT2D eigenvalue weighted by Crippen LogP contribution is 2.38. The second-order valence-electron chi connectivity index (χ2n) is 10.8. The number of nitrogens with zero attached hydrogens (tertiary/aromatic N) is 5. The number of rotatable bonds is 3. The zero-order chi connectivity index (χ0) is 24.9. The number of hydrogen-bond donors (Lipinski definition) is 0. The molecule has 2 aliphatic heterocycles. The molecule has 184 valence electrons. The predicted octanol–water partition coefficient (Wildman–Crippen LogP) is 3.98. The van der Waals surface area contributed by atoms with Crippen molar-refractivity contribution in [2.75, 3.05) is 31.1 Å². The minimum absolute atomic E-state index is 0.145. The van der Waals surface area contributed by atoms with Gasteiger partial charge >= 0.3 is 0 Å². The van der Waals surface area contributed by atoms with Gasteiger partial charge in [0.05, 0.1) is 28.3 Å². The standard InChI is InChI=1S/C27H32FN5O2/c1-17-14-32(25(34)19-4-5-19)15-18(2)33(17)26(35)22-13-30-23-7-6-20(28)12-21(23)24(22)31-10-8-27(3,16-29)9-11-31/h6-7,12-13,17-19H,4-5,8-11,14-15H2,1-3H3/t17-,18?/m0/s1. The summed E-state index contributed by atoms with van der Waals surface area (Å²) in [6.07, 6.45) is 4.88. The number of nitriles is 1. The molecule has 0 N–H and O–H groups in total. The Morgan fingerprint density at radius 1 is 1.14 bits per heavy atom. The highest BCUT2D eigenvalue weighted by atomic mass is 19.1. The Morgan fingerprint density at radius 3 is 2.40 bits per heavy atom. The first-order valence-corrected chi connectivity index (χ1v) is 12.6. The summed E-state index contributed by atoms with van der Waals surface area (Å²) in [6, 6.07) is 6.60. The van der Waals surface area contributed by atoms with Gasteiger partial charge in [-0.25, -0.2) is 4.39 Å². The second-order valence-corrected chi connectivity index (χ2v) is 10.8. The minimum atomic E-state index is -0.401. The minimum Gasteiger partial charge on any atom is -0.370 e. The van der Waals surface area contributed by atoms with Crippen molar-refractivity contribution >= 4 is 28.4 Å². The predicted molar refractivity (Wildman–Crippen MR) is 131 cm³/mol. The number of halogens is 1. The Hall–Kier alpha value is -3.21. The molecule has 1 aromatic heterocycles. The Balaban J connectivity index is 1.50. The quantitative estimate of drug-likeness (QED) is 0.668. The molecule has 35 heavy (non-hydrogen) atoms. The van der Waals surface area contributed by atoms with Gasteiger partial charge in [0.1, 0.15) is 5.82 Å². The van der Waals surface area contributed by atoms with E-state index in [0.29, 0.717) is 61.2 Å². The zero-order valence-electron chi connectivity index (χ0n) is 20.6. The van der Waals surface area contributed by atoms with E-state index in [1.54, 1.807) is 12.3 Å². The summed E-state index contributed by atoms with van der Waals surface area (Å²) in [4.78, 5) is 37.1. The maximum Gasteiger partial charge on any atom is 0.258 e. The van der Waals surface area contributed by atoms with Crippen LogP contribution in [0.25, 0.3) is 10.9 Å². The van der Waals surface area contributed by atoms with Crippen molar-refractivity contribution in [2.24, 2.45) is 11.3 Å². The molecule has 2 atom stereocenters. The topological polar surface area (TPSA) is 80.5 Å². The van der Waals surface area contributed by atoms with Gasteiger partial charge in [-0.15, -0.1) is 0 Å². The lowest BCUT2D eigenvalue weighted by molar-refractivity contribution is -0.136. The van der Waals surface area contributed by atoms with Crippen LogP contribution < -0.4 is 4.90 Å². The molecule has 1 aromatic carbocycles. The van der Waals surface area contributed by atoms with Crippen LogP contribution in [0.4, 0.5) is 10.1 Å². The first kappa shape index (κ1) is 23.5. The Bertz CT molecular complexity index is 1200. The SMILES string of the molecule is CC1CN(C(=O)C2CC2)C[C@H](C)N1C(=O)c1cnc2ccc(F)cc2c1N1CCC(C)(C#N)CC1. The maximum absolute atomic E-state index is 14.3. The van der Waals surface area contributed by atoms with Gasteiger partial charge in [0.15, 0.2) is 0 Å². The lowest BCUT2D eigenvalue weighted by atomic mass is 9.81. The summed E-state index contributed by atoms with van der Waals surface area (Å²) < 4.78 is 14.3. The van der Waals surface area contributed by atoms with Crippen molar-refractivity contribution in [3.8, 4) is 6.07 Å². The van der Waals surface area contributed by atoms with Crippen molar-refractivity contribution in [1.29, 1.82) is 5.26 Å². The van der Waals surface area contributed by atoms with Gasteiger partial charge in [-0.3, -0.25) is 14.6 Å². The first-order chi connectivity index (χ1) is 16.7. The number of amides is 2. The Labute approximate surface area is 205 Å². The summed E-state index contributed by atoms with van der Waals surface area (Å²) in [5, 5.41) is 10.2. The maximum atomic E-state index is 14.3. The van der Waals surface area contributed by atoms with Crippen molar-refractivity contribution in [3.05, 3.63) is 35.8 Å². The van der Waals surface area contributed by atoms with Gasteiger partial charge in [-0.1, -0.05) is 0 Å². The van der Waals surface area contributed by atoms with Crippen LogP contribution in [0.3, 0.4) is 0 Å². The lowest BCUT2D eigenvalue weighted by Crippen LogP contribution is -2.60. The van der Waals surface area contributed by atoms with Crippen molar-refractivity contribution in [3.63, 3.8) is 0 Å². The summed E-state index contributed by atoms with van der Waals surface area (Å²) in [5.74, 6) is -0.169. The molecule has 2 amide bonds. The number of carbonyl (C=O) groups is 2. The van der Waals surface area contributed by atoms with Crippen molar-refractivity contribution < 1.29 is 14.0 Å². The number of fused-ring (bicyclic) bond motifs is 1. The van der Waals surface area contributed by atoms with E-state index in [1.807, 2.05) is 30.6 Å². The first-order valence-electron chi connectivity index (χ1n) is 12.6. The monoisotopic (exact) mass is 477 g/mol. The molecule has 5 rings (SSSR count). The number of carbonyl (C=O) groups excluding carboxylic acids is 2. The molecule has 2 aromatic rings. The molecule has 3 aliphatic rings. The van der Waals surface area contributed by atoms with Crippen LogP contribution in [0.15, 0.2) is 24.4 Å². The van der Waals surface area contributed by atoms with Gasteiger partial charge < -0.3 is 14.7 Å². The van der Waals surface area contributed by atoms with Crippen LogP contribution >= 0.6 is 0 Å². The number of anilines is 1. The van der Waals surface area contributed by atoms with Crippen LogP contribution in [0, 0.1) is 28.5 Å². The molecular formula is C27H32FN5O2. The number of pyridine rings is 1. The van der Waals surface area contributed by atoms with Gasteiger partial charge in [-0.2, -0.15) is 5.26 Å². The molecule has 0 radical (unpaired) electrons. The second kappa shape index (κ2) is 8.78. The van der Waals surface area contributed by atoms with E-state index in [-0.39, 0.29) is 35.6 Å². The average Bonchev–Trinajstić information content (AvgIpc) is 3.68. The van der Waals surface area contributed by atoms with E-state index in [2.05, 4.69) is 16.0 Å². The third-order valence-corrected chi connectivity index (χ3v) is 7.88. The number of hydrogen-bond acceptors (Lipinski definition) is 5. The average molecular weight is 478 g/mol. The van der Waals surface area contributed by atoms with E-state index in [4.69, 9.17) is 0 Å². The van der Waals surface area contributed by atoms with Gasteiger partial charge in [0.2, 0.25) is 5.91 Å². The smallest absolute Gasteiger partial charge is 0.258 e. The molecule has 1 saturated carbocycles. The van der Waals surface area contributed by atoms with Gasteiger partial charge in [0, 0.05) is 55.8 Å². The highest BCUT2D eigenvalue weighted by molar-refractivity contribution is 6.07. The largest absolute Gasteiger partial charge is 0.370 e. The fourth-order valence-corrected chi connectivity index (χ4v) is 5.61. The van der Waals surface area contributed by atoms with Gasteiger partial charge in [0.25, 0.3) is 5.91 Å². The number of piperidine rings is 1.